The highest BCUT2D eigenvalue weighted by Gasteiger charge is 2.17. The second-order valence-corrected chi connectivity index (χ2v) is 7.68. The summed E-state index contributed by atoms with van der Waals surface area (Å²) >= 11 is 0. The van der Waals surface area contributed by atoms with E-state index in [0.717, 1.165) is 25.9 Å². The van der Waals surface area contributed by atoms with Crippen molar-refractivity contribution < 1.29 is 17.6 Å². The first-order valence-electron chi connectivity index (χ1n) is 8.23. The van der Waals surface area contributed by atoms with Crippen LogP contribution in [0.5, 0.6) is 0 Å². The second-order valence-electron chi connectivity index (χ2n) is 5.92. The number of sulfonamides is 1. The molecule has 8 heteroatoms. The molecule has 0 saturated carbocycles. The van der Waals surface area contributed by atoms with Crippen LogP contribution in [-0.2, 0) is 16.6 Å². The van der Waals surface area contributed by atoms with Crippen molar-refractivity contribution in [3.8, 4) is 0 Å². The van der Waals surface area contributed by atoms with Gasteiger partial charge in [-0.05, 0) is 49.2 Å². The molecule has 1 amide bonds. The third-order valence-electron chi connectivity index (χ3n) is 4.06. The Bertz CT molecular complexity index is 795. The van der Waals surface area contributed by atoms with E-state index in [4.69, 9.17) is 4.42 Å². The van der Waals surface area contributed by atoms with Crippen LogP contribution in [0.3, 0.4) is 0 Å². The van der Waals surface area contributed by atoms with Gasteiger partial charge >= 0.3 is 0 Å². The minimum atomic E-state index is -3.66. The number of nitrogens with zero attached hydrogens (tertiary/aromatic N) is 1. The zero-order chi connectivity index (χ0) is 17.7. The van der Waals surface area contributed by atoms with Crippen LogP contribution in [0.2, 0.25) is 0 Å². The number of amides is 1. The summed E-state index contributed by atoms with van der Waals surface area (Å²) in [5.41, 5.74) is 3.28. The highest BCUT2D eigenvalue weighted by atomic mass is 32.2. The first-order chi connectivity index (χ1) is 12.0. The molecule has 1 aromatic carbocycles. The summed E-state index contributed by atoms with van der Waals surface area (Å²) < 4.78 is 32.1. The number of nitrogens with one attached hydrogen (secondary N) is 2. The van der Waals surface area contributed by atoms with Gasteiger partial charge < -0.3 is 4.42 Å². The average molecular weight is 363 g/mol. The Kier molecular flexibility index (Phi) is 5.52. The van der Waals surface area contributed by atoms with Crippen molar-refractivity contribution in [1.82, 2.24) is 15.2 Å². The molecule has 2 N–H and O–H groups in total. The lowest BCUT2D eigenvalue weighted by Gasteiger charge is -2.26. The predicted molar refractivity (Wildman–Crippen MR) is 92.1 cm³/mol. The van der Waals surface area contributed by atoms with Gasteiger partial charge in [0.2, 0.25) is 10.0 Å². The minimum Gasteiger partial charge on any atom is -0.468 e. The van der Waals surface area contributed by atoms with Crippen molar-refractivity contribution in [2.75, 3.05) is 13.1 Å². The van der Waals surface area contributed by atoms with Crippen molar-refractivity contribution in [2.24, 2.45) is 0 Å². The van der Waals surface area contributed by atoms with E-state index in [9.17, 15) is 13.2 Å². The summed E-state index contributed by atoms with van der Waals surface area (Å²) in [5, 5.41) is 1.90. The van der Waals surface area contributed by atoms with E-state index in [1.807, 2.05) is 5.01 Å². The Morgan fingerprint density at radius 3 is 2.44 bits per heavy atom. The molecule has 0 unspecified atom stereocenters. The van der Waals surface area contributed by atoms with Gasteiger partial charge in [-0.25, -0.2) is 18.1 Å². The van der Waals surface area contributed by atoms with Crippen LogP contribution >= 0.6 is 0 Å². The summed E-state index contributed by atoms with van der Waals surface area (Å²) in [4.78, 5) is 12.3. The fraction of sp³-hybridized carbons (Fsp3) is 0.353. The fourth-order valence-electron chi connectivity index (χ4n) is 2.66. The minimum absolute atomic E-state index is 0.0759. The second kappa shape index (κ2) is 7.81. The summed E-state index contributed by atoms with van der Waals surface area (Å²) in [7, 11) is -3.66. The standard InChI is InChI=1S/C17H21N3O4S/c21-17(19-20-10-2-1-3-11-20)14-6-8-16(9-7-14)25(22,23)18-13-15-5-4-12-24-15/h4-9,12,18H,1-3,10-11,13H2,(H,19,21). The topological polar surface area (TPSA) is 91.7 Å². The van der Waals surface area contributed by atoms with Crippen molar-refractivity contribution in [3.63, 3.8) is 0 Å². The van der Waals surface area contributed by atoms with E-state index in [1.54, 1.807) is 12.1 Å². The van der Waals surface area contributed by atoms with Gasteiger partial charge in [0.25, 0.3) is 5.91 Å². The summed E-state index contributed by atoms with van der Waals surface area (Å²) in [6.45, 7) is 1.76. The number of piperidine rings is 1. The molecule has 7 nitrogen and oxygen atoms in total. The van der Waals surface area contributed by atoms with E-state index in [-0.39, 0.29) is 17.3 Å². The Hall–Kier alpha value is -2.16. The molecule has 1 aliphatic rings. The molecule has 0 atom stereocenters. The molecule has 25 heavy (non-hydrogen) atoms. The number of furan rings is 1. The molecule has 0 spiro atoms. The molecule has 134 valence electrons. The molecule has 0 bridgehead atoms. The van der Waals surface area contributed by atoms with Gasteiger partial charge in [-0.1, -0.05) is 6.42 Å². The zero-order valence-electron chi connectivity index (χ0n) is 13.8. The number of hydrazine groups is 1. The molecule has 0 radical (unpaired) electrons. The lowest BCUT2D eigenvalue weighted by atomic mass is 10.1. The lowest BCUT2D eigenvalue weighted by Crippen LogP contribution is -2.45. The Morgan fingerprint density at radius 2 is 1.80 bits per heavy atom. The quantitative estimate of drug-likeness (QED) is 0.818. The summed E-state index contributed by atoms with van der Waals surface area (Å²) in [5.74, 6) is 0.301. The molecule has 1 saturated heterocycles. The number of rotatable bonds is 6. The van der Waals surface area contributed by atoms with Gasteiger partial charge in [0.1, 0.15) is 5.76 Å². The molecule has 2 heterocycles. The summed E-state index contributed by atoms with van der Waals surface area (Å²) in [6, 6.07) is 9.27. The molecule has 1 fully saturated rings. The smallest absolute Gasteiger partial charge is 0.265 e. The van der Waals surface area contributed by atoms with Gasteiger partial charge in [0.05, 0.1) is 17.7 Å². The van der Waals surface area contributed by atoms with Crippen LogP contribution in [0.4, 0.5) is 0 Å². The molecular weight excluding hydrogens is 342 g/mol. The highest BCUT2D eigenvalue weighted by Crippen LogP contribution is 2.12. The van der Waals surface area contributed by atoms with E-state index >= 15 is 0 Å². The largest absolute Gasteiger partial charge is 0.468 e. The highest BCUT2D eigenvalue weighted by molar-refractivity contribution is 7.89. The van der Waals surface area contributed by atoms with Gasteiger partial charge in [-0.15, -0.1) is 0 Å². The number of benzene rings is 1. The number of carbonyl (C=O) groups excluding carboxylic acids is 1. The van der Waals surface area contributed by atoms with Crippen LogP contribution in [-0.4, -0.2) is 32.4 Å². The maximum atomic E-state index is 12.3. The van der Waals surface area contributed by atoms with E-state index in [1.165, 1.54) is 36.9 Å². The Balaban J connectivity index is 1.61. The van der Waals surface area contributed by atoms with Crippen molar-refractivity contribution in [2.45, 2.75) is 30.7 Å². The predicted octanol–water partition coefficient (Wildman–Crippen LogP) is 1.89. The molecular formula is C17H21N3O4S. The van der Waals surface area contributed by atoms with E-state index in [0.29, 0.717) is 11.3 Å². The van der Waals surface area contributed by atoms with Gasteiger partial charge in [-0.3, -0.25) is 10.2 Å². The molecule has 1 aliphatic heterocycles. The third kappa shape index (κ3) is 4.68. The molecule has 2 aromatic rings. The van der Waals surface area contributed by atoms with Crippen LogP contribution in [0.1, 0.15) is 35.4 Å². The van der Waals surface area contributed by atoms with Crippen molar-refractivity contribution >= 4 is 15.9 Å². The summed E-state index contributed by atoms with van der Waals surface area (Å²) in [6.07, 6.45) is 4.81. The fourth-order valence-corrected chi connectivity index (χ4v) is 3.66. The van der Waals surface area contributed by atoms with Crippen LogP contribution in [0.15, 0.2) is 52.0 Å². The average Bonchev–Trinajstić information content (AvgIpc) is 3.15. The van der Waals surface area contributed by atoms with Gasteiger partial charge in [0.15, 0.2) is 0 Å². The Morgan fingerprint density at radius 1 is 1.08 bits per heavy atom. The number of hydrogen-bond donors (Lipinski definition) is 2. The molecule has 3 rings (SSSR count). The number of hydrogen-bond acceptors (Lipinski definition) is 5. The Labute approximate surface area is 147 Å². The monoisotopic (exact) mass is 363 g/mol. The van der Waals surface area contributed by atoms with Crippen LogP contribution in [0.25, 0.3) is 0 Å². The zero-order valence-corrected chi connectivity index (χ0v) is 14.6. The lowest BCUT2D eigenvalue weighted by molar-refractivity contribution is 0.0750. The van der Waals surface area contributed by atoms with Gasteiger partial charge in [-0.2, -0.15) is 0 Å². The van der Waals surface area contributed by atoms with E-state index in [2.05, 4.69) is 10.1 Å². The number of carbonyl (C=O) groups is 1. The van der Waals surface area contributed by atoms with Crippen molar-refractivity contribution in [1.29, 1.82) is 0 Å². The molecule has 0 aliphatic carbocycles. The SMILES string of the molecule is O=C(NN1CCCCC1)c1ccc(S(=O)(=O)NCc2ccco2)cc1. The normalized spacial score (nSPS) is 15.8. The molecule has 1 aromatic heterocycles. The first-order valence-corrected chi connectivity index (χ1v) is 9.71. The van der Waals surface area contributed by atoms with Crippen LogP contribution < -0.4 is 10.1 Å². The third-order valence-corrected chi connectivity index (χ3v) is 5.48. The maximum absolute atomic E-state index is 12.3. The first kappa shape index (κ1) is 17.7. The van der Waals surface area contributed by atoms with Crippen LogP contribution in [0, 0.1) is 0 Å². The van der Waals surface area contributed by atoms with Crippen molar-refractivity contribution in [3.05, 3.63) is 54.0 Å². The van der Waals surface area contributed by atoms with Gasteiger partial charge in [0, 0.05) is 18.7 Å². The maximum Gasteiger partial charge on any atom is 0.265 e. The van der Waals surface area contributed by atoms with E-state index < -0.39 is 10.0 Å².